The molecule has 2 aliphatic rings. The Bertz CT molecular complexity index is 1180. The van der Waals surface area contributed by atoms with Gasteiger partial charge in [-0.1, -0.05) is 24.8 Å². The maximum atomic E-state index is 9.16. The summed E-state index contributed by atoms with van der Waals surface area (Å²) in [5.74, 6) is 0.550. The molecule has 152 valence electrons. The predicted octanol–water partition coefficient (Wildman–Crippen LogP) is 6.19. The van der Waals surface area contributed by atoms with Crippen LogP contribution in [0.1, 0.15) is 57.2 Å². The lowest BCUT2D eigenvalue weighted by Crippen LogP contribution is -2.14. The highest BCUT2D eigenvalue weighted by atomic mass is 15.3. The minimum Gasteiger partial charge on any atom is -0.380 e. The molecule has 1 aliphatic heterocycles. The van der Waals surface area contributed by atoms with Crippen molar-refractivity contribution in [2.75, 3.05) is 10.6 Å². The van der Waals surface area contributed by atoms with Crippen LogP contribution < -0.4 is 10.6 Å². The molecule has 1 unspecified atom stereocenters. The Hall–Kier alpha value is -3.26. The van der Waals surface area contributed by atoms with Crippen LogP contribution in [0.15, 0.2) is 48.7 Å². The van der Waals surface area contributed by atoms with Crippen molar-refractivity contribution in [3.63, 3.8) is 0 Å². The number of nitrogens with zero attached hydrogens (tertiary/aromatic N) is 3. The molecule has 1 aromatic heterocycles. The van der Waals surface area contributed by atoms with E-state index in [1.54, 1.807) is 0 Å². The molecule has 1 saturated carbocycles. The number of anilines is 2. The summed E-state index contributed by atoms with van der Waals surface area (Å²) in [7, 11) is 0. The Morgan fingerprint density at radius 1 is 1.30 bits per heavy atom. The SMILES string of the molecule is C=C1C[C@@H](C)Nc2c(cccc2-c2ccc3c(c2)c(C2CC2)nn3C(C)CC#N)N1. The van der Waals surface area contributed by atoms with Gasteiger partial charge < -0.3 is 10.6 Å². The highest BCUT2D eigenvalue weighted by Gasteiger charge is 2.30. The number of nitrogens with one attached hydrogen (secondary N) is 2. The highest BCUT2D eigenvalue weighted by molar-refractivity contribution is 5.94. The number of benzene rings is 2. The van der Waals surface area contributed by atoms with Crippen molar-refractivity contribution in [3.8, 4) is 17.2 Å². The Morgan fingerprint density at radius 2 is 2.13 bits per heavy atom. The third kappa shape index (κ3) is 3.23. The molecule has 0 saturated heterocycles. The first-order chi connectivity index (χ1) is 14.5. The average molecular weight is 398 g/mol. The fraction of sp³-hybridized carbons (Fsp3) is 0.360. The van der Waals surface area contributed by atoms with Gasteiger partial charge in [-0.3, -0.25) is 4.68 Å². The van der Waals surface area contributed by atoms with Crippen LogP contribution in [0.5, 0.6) is 0 Å². The van der Waals surface area contributed by atoms with Crippen molar-refractivity contribution < 1.29 is 0 Å². The van der Waals surface area contributed by atoms with E-state index in [9.17, 15) is 0 Å². The number of para-hydroxylation sites is 1. The number of aromatic nitrogens is 2. The molecule has 0 radical (unpaired) electrons. The number of fused-ring (bicyclic) bond motifs is 2. The molecule has 1 fully saturated rings. The van der Waals surface area contributed by atoms with Gasteiger partial charge in [0, 0.05) is 35.0 Å². The maximum absolute atomic E-state index is 9.16. The number of hydrogen-bond donors (Lipinski definition) is 2. The molecule has 2 N–H and O–H groups in total. The Balaban J connectivity index is 1.65. The van der Waals surface area contributed by atoms with Gasteiger partial charge in [-0.2, -0.15) is 10.4 Å². The second-order valence-corrected chi connectivity index (χ2v) is 8.75. The summed E-state index contributed by atoms with van der Waals surface area (Å²) in [6, 6.07) is 15.7. The third-order valence-corrected chi connectivity index (χ3v) is 6.13. The van der Waals surface area contributed by atoms with E-state index in [1.807, 2.05) is 4.68 Å². The number of hydrogen-bond acceptors (Lipinski definition) is 4. The maximum Gasteiger partial charge on any atom is 0.0734 e. The minimum absolute atomic E-state index is 0.0709. The predicted molar refractivity (Wildman–Crippen MR) is 123 cm³/mol. The molecule has 0 spiro atoms. The highest BCUT2D eigenvalue weighted by Crippen LogP contribution is 2.45. The summed E-state index contributed by atoms with van der Waals surface area (Å²) in [4.78, 5) is 0. The van der Waals surface area contributed by atoms with Crippen molar-refractivity contribution in [2.24, 2.45) is 0 Å². The first-order valence-corrected chi connectivity index (χ1v) is 10.8. The van der Waals surface area contributed by atoms with Crippen molar-refractivity contribution in [2.45, 2.75) is 57.5 Å². The largest absolute Gasteiger partial charge is 0.380 e. The van der Waals surface area contributed by atoms with Crippen molar-refractivity contribution >= 4 is 22.3 Å². The summed E-state index contributed by atoms with van der Waals surface area (Å²) in [6.07, 6.45) is 3.76. The fourth-order valence-electron chi connectivity index (χ4n) is 4.51. The molecule has 5 rings (SSSR count). The smallest absolute Gasteiger partial charge is 0.0734 e. The molecule has 2 heterocycles. The summed E-state index contributed by atoms with van der Waals surface area (Å²) >= 11 is 0. The lowest BCUT2D eigenvalue weighted by molar-refractivity contribution is 0.511. The average Bonchev–Trinajstić information content (AvgIpc) is 3.50. The van der Waals surface area contributed by atoms with Crippen LogP contribution in [0.4, 0.5) is 11.4 Å². The fourth-order valence-corrected chi connectivity index (χ4v) is 4.51. The van der Waals surface area contributed by atoms with E-state index in [2.05, 4.69) is 73.5 Å². The van der Waals surface area contributed by atoms with Crippen LogP contribution in [0.25, 0.3) is 22.0 Å². The van der Waals surface area contributed by atoms with Gasteiger partial charge in [0.25, 0.3) is 0 Å². The van der Waals surface area contributed by atoms with Gasteiger partial charge in [0.2, 0.25) is 0 Å². The molecular formula is C25H27N5. The summed E-state index contributed by atoms with van der Waals surface area (Å²) in [6.45, 7) is 8.41. The Morgan fingerprint density at radius 3 is 2.90 bits per heavy atom. The molecule has 5 nitrogen and oxygen atoms in total. The molecule has 30 heavy (non-hydrogen) atoms. The second kappa shape index (κ2) is 7.21. The minimum atomic E-state index is 0.0709. The van der Waals surface area contributed by atoms with Gasteiger partial charge in [0.05, 0.1) is 41.1 Å². The van der Waals surface area contributed by atoms with Gasteiger partial charge in [-0.25, -0.2) is 0 Å². The molecule has 2 aromatic carbocycles. The van der Waals surface area contributed by atoms with Crippen molar-refractivity contribution in [1.29, 1.82) is 5.26 Å². The number of rotatable bonds is 4. The lowest BCUT2D eigenvalue weighted by Gasteiger charge is -2.17. The van der Waals surface area contributed by atoms with Crippen LogP contribution in [0.3, 0.4) is 0 Å². The number of nitriles is 1. The first kappa shape index (κ1) is 18.7. The Kier molecular flexibility index (Phi) is 4.51. The van der Waals surface area contributed by atoms with Gasteiger partial charge in [-0.15, -0.1) is 0 Å². The quantitative estimate of drug-likeness (QED) is 0.551. The monoisotopic (exact) mass is 397 g/mol. The molecular weight excluding hydrogens is 370 g/mol. The van der Waals surface area contributed by atoms with Gasteiger partial charge >= 0.3 is 0 Å². The van der Waals surface area contributed by atoms with E-state index in [4.69, 9.17) is 10.4 Å². The van der Waals surface area contributed by atoms with Crippen molar-refractivity contribution in [3.05, 3.63) is 54.4 Å². The Labute approximate surface area is 177 Å². The lowest BCUT2D eigenvalue weighted by atomic mass is 9.99. The zero-order valence-corrected chi connectivity index (χ0v) is 17.6. The summed E-state index contributed by atoms with van der Waals surface area (Å²) in [5.41, 5.74) is 7.91. The van der Waals surface area contributed by atoms with Crippen LogP contribution in [0, 0.1) is 11.3 Å². The zero-order valence-electron chi connectivity index (χ0n) is 17.6. The van der Waals surface area contributed by atoms with E-state index in [-0.39, 0.29) is 6.04 Å². The van der Waals surface area contributed by atoms with Gasteiger partial charge in [0.1, 0.15) is 0 Å². The van der Waals surface area contributed by atoms with Crippen molar-refractivity contribution in [1.82, 2.24) is 9.78 Å². The summed E-state index contributed by atoms with van der Waals surface area (Å²) < 4.78 is 2.05. The third-order valence-electron chi connectivity index (χ3n) is 6.13. The van der Waals surface area contributed by atoms with Gasteiger partial charge in [-0.05, 0) is 50.5 Å². The molecule has 3 aromatic rings. The second-order valence-electron chi connectivity index (χ2n) is 8.75. The van der Waals surface area contributed by atoms with Crippen LogP contribution in [-0.2, 0) is 0 Å². The van der Waals surface area contributed by atoms with E-state index in [1.165, 1.54) is 35.0 Å². The normalized spacial score (nSPS) is 19.4. The molecule has 0 amide bonds. The first-order valence-electron chi connectivity index (χ1n) is 10.8. The molecule has 5 heteroatoms. The topological polar surface area (TPSA) is 65.7 Å². The molecule has 2 atom stereocenters. The van der Waals surface area contributed by atoms with Crippen LogP contribution in [0.2, 0.25) is 0 Å². The zero-order chi connectivity index (χ0) is 20.8. The van der Waals surface area contributed by atoms with E-state index in [0.29, 0.717) is 18.4 Å². The van der Waals surface area contributed by atoms with E-state index >= 15 is 0 Å². The molecule has 0 bridgehead atoms. The standard InChI is InChI=1S/C25H27N5/c1-15-13-16(2)28-25-20(5-4-6-22(25)27-15)19-9-10-23-21(14-19)24(18-7-8-18)29-30(23)17(3)11-12-26/h4-6,9-10,14,16-18,27-28H,1,7-8,11,13H2,2-3H3/t16-,17?/m1/s1. The van der Waals surface area contributed by atoms with Crippen LogP contribution in [-0.4, -0.2) is 15.8 Å². The molecule has 1 aliphatic carbocycles. The summed E-state index contributed by atoms with van der Waals surface area (Å²) in [5, 5.41) is 22.5. The van der Waals surface area contributed by atoms with Crippen LogP contribution >= 0.6 is 0 Å². The van der Waals surface area contributed by atoms with Gasteiger partial charge in [0.15, 0.2) is 0 Å². The van der Waals surface area contributed by atoms with E-state index in [0.717, 1.165) is 29.0 Å². The van der Waals surface area contributed by atoms with E-state index < -0.39 is 0 Å².